The van der Waals surface area contributed by atoms with Crippen LogP contribution >= 0.6 is 0 Å². The summed E-state index contributed by atoms with van der Waals surface area (Å²) in [7, 11) is -4.38. The van der Waals surface area contributed by atoms with E-state index in [-0.39, 0.29) is 11.5 Å². The van der Waals surface area contributed by atoms with Crippen molar-refractivity contribution in [1.82, 2.24) is 0 Å². The van der Waals surface area contributed by atoms with Gasteiger partial charge < -0.3 is 5.11 Å². The lowest BCUT2D eigenvalue weighted by molar-refractivity contribution is 0.206. The lowest BCUT2D eigenvalue weighted by Gasteiger charge is -2.12. The van der Waals surface area contributed by atoms with E-state index >= 15 is 0 Å². The molecule has 0 aromatic heterocycles. The van der Waals surface area contributed by atoms with Crippen LogP contribution in [0.3, 0.4) is 0 Å². The third-order valence-electron chi connectivity index (χ3n) is 3.31. The van der Waals surface area contributed by atoms with Crippen LogP contribution in [0.2, 0.25) is 0 Å². The first kappa shape index (κ1) is 16.1. The molecule has 0 aromatic carbocycles. The van der Waals surface area contributed by atoms with E-state index in [1.54, 1.807) is 0 Å². The number of hydrogen-bond acceptors (Lipinski definition) is 4. The summed E-state index contributed by atoms with van der Waals surface area (Å²) in [5.74, 6) is 0.180. The Kier molecular flexibility index (Phi) is 6.81. The molecule has 1 aliphatic heterocycles. The first-order valence-corrected chi connectivity index (χ1v) is 9.92. The number of rotatable bonds is 8. The predicted octanol–water partition coefficient (Wildman–Crippen LogP) is 1.25. The first-order chi connectivity index (χ1) is 8.46. The van der Waals surface area contributed by atoms with Gasteiger partial charge in [-0.1, -0.05) is 39.0 Å². The molecule has 1 fully saturated rings. The molecule has 0 saturated carbocycles. The van der Waals surface area contributed by atoms with Crippen molar-refractivity contribution in [2.45, 2.75) is 56.8 Å². The van der Waals surface area contributed by atoms with Gasteiger partial charge in [0, 0.05) is 16.6 Å². The zero-order valence-electron chi connectivity index (χ0n) is 11.0. The second-order valence-electron chi connectivity index (χ2n) is 5.04. The minimum Gasteiger partial charge on any atom is -0.391 e. The Morgan fingerprint density at radius 2 is 1.72 bits per heavy atom. The summed E-state index contributed by atoms with van der Waals surface area (Å²) in [6.07, 6.45) is 5.78. The lowest BCUT2D eigenvalue weighted by Crippen LogP contribution is -2.30. The summed E-state index contributed by atoms with van der Waals surface area (Å²) < 4.78 is 34.5. The van der Waals surface area contributed by atoms with Crippen LogP contribution in [0.15, 0.2) is 0 Å². The number of aliphatic hydroxyl groups excluding tert-OH is 1. The summed E-state index contributed by atoms with van der Waals surface area (Å²) in [5, 5.41) is 9.03. The van der Waals surface area contributed by atoms with Crippen molar-refractivity contribution in [3.05, 3.63) is 0 Å². The van der Waals surface area contributed by atoms with Gasteiger partial charge in [-0.25, -0.2) is 8.42 Å². The molecule has 1 rings (SSSR count). The zero-order valence-corrected chi connectivity index (χ0v) is 12.6. The summed E-state index contributed by atoms with van der Waals surface area (Å²) in [6, 6.07) is 0. The smallest absolute Gasteiger partial charge is 0.154 e. The van der Waals surface area contributed by atoms with Crippen molar-refractivity contribution in [3.63, 3.8) is 0 Å². The average molecular weight is 296 g/mol. The van der Waals surface area contributed by atoms with Gasteiger partial charge in [0.2, 0.25) is 0 Å². The molecule has 0 spiro atoms. The van der Waals surface area contributed by atoms with Crippen LogP contribution in [0, 0.1) is 0 Å². The van der Waals surface area contributed by atoms with E-state index in [0.29, 0.717) is 5.75 Å². The fourth-order valence-corrected chi connectivity index (χ4v) is 6.42. The number of hydrogen-bond donors (Lipinski definition) is 1. The van der Waals surface area contributed by atoms with Gasteiger partial charge in [-0.3, -0.25) is 4.21 Å². The normalized spacial score (nSPS) is 28.3. The maximum atomic E-state index is 11.9. The van der Waals surface area contributed by atoms with Gasteiger partial charge in [-0.2, -0.15) is 0 Å². The highest BCUT2D eigenvalue weighted by atomic mass is 32.2. The van der Waals surface area contributed by atoms with Gasteiger partial charge in [-0.05, 0) is 6.42 Å². The fourth-order valence-electron chi connectivity index (χ4n) is 2.22. The van der Waals surface area contributed by atoms with Crippen molar-refractivity contribution in [2.24, 2.45) is 0 Å². The van der Waals surface area contributed by atoms with E-state index < -0.39 is 32.0 Å². The predicted molar refractivity (Wildman–Crippen MR) is 74.8 cm³/mol. The Morgan fingerprint density at radius 1 is 1.11 bits per heavy atom. The number of aliphatic hydroxyl groups is 1. The molecule has 0 radical (unpaired) electrons. The van der Waals surface area contributed by atoms with Gasteiger partial charge >= 0.3 is 0 Å². The van der Waals surface area contributed by atoms with Crippen LogP contribution in [0.4, 0.5) is 0 Å². The van der Waals surface area contributed by atoms with Gasteiger partial charge in [0.25, 0.3) is 0 Å². The molecule has 18 heavy (non-hydrogen) atoms. The van der Waals surface area contributed by atoms with Gasteiger partial charge in [0.15, 0.2) is 9.84 Å². The van der Waals surface area contributed by atoms with E-state index in [4.69, 9.17) is 0 Å². The van der Waals surface area contributed by atoms with Gasteiger partial charge in [0.1, 0.15) is 0 Å². The third-order valence-corrected chi connectivity index (χ3v) is 7.08. The first-order valence-electron chi connectivity index (χ1n) is 6.72. The molecule has 0 bridgehead atoms. The quantitative estimate of drug-likeness (QED) is 0.684. The molecule has 6 heteroatoms. The molecule has 1 saturated heterocycles. The molecule has 0 unspecified atom stereocenters. The highest BCUT2D eigenvalue weighted by molar-refractivity contribution is 7.94. The molecular formula is C12H24O4S2. The largest absolute Gasteiger partial charge is 0.391 e. The average Bonchev–Trinajstić information content (AvgIpc) is 2.57. The molecule has 3 atom stereocenters. The van der Waals surface area contributed by atoms with Gasteiger partial charge in [0.05, 0.1) is 22.9 Å². The Balaban J connectivity index is 2.21. The topological polar surface area (TPSA) is 71.4 Å². The number of sulfone groups is 1. The van der Waals surface area contributed by atoms with Crippen LogP contribution in [-0.4, -0.2) is 46.3 Å². The molecule has 1 aliphatic rings. The Hall–Kier alpha value is 0.0600. The summed E-state index contributed by atoms with van der Waals surface area (Å²) >= 11 is 0. The minimum absolute atomic E-state index is 0.114. The molecule has 1 heterocycles. The maximum absolute atomic E-state index is 11.9. The van der Waals surface area contributed by atoms with Crippen molar-refractivity contribution in [1.29, 1.82) is 0 Å². The highest BCUT2D eigenvalue weighted by Crippen LogP contribution is 2.19. The minimum atomic E-state index is -3.18. The second-order valence-corrected chi connectivity index (χ2v) is 8.96. The monoisotopic (exact) mass is 296 g/mol. The number of unbranched alkanes of at least 4 members (excludes halogenated alkanes) is 5. The highest BCUT2D eigenvalue weighted by Gasteiger charge is 2.39. The van der Waals surface area contributed by atoms with E-state index in [2.05, 4.69) is 6.92 Å². The maximum Gasteiger partial charge on any atom is 0.154 e. The van der Waals surface area contributed by atoms with Crippen LogP contribution in [-0.2, 0) is 20.6 Å². The second kappa shape index (κ2) is 7.60. The Bertz CT molecular complexity index is 364. The van der Waals surface area contributed by atoms with Crippen LogP contribution < -0.4 is 0 Å². The SMILES string of the molecule is CCCCCCCC[S@@](=O)[C@H]1CS(=O)(=O)C[C@@H]1O. The molecule has 108 valence electrons. The van der Waals surface area contributed by atoms with E-state index in [1.165, 1.54) is 19.3 Å². The molecule has 0 amide bonds. The standard InChI is InChI=1S/C12H24O4S2/c1-2-3-4-5-6-7-8-17(14)12-10-18(15,16)9-11(12)13/h11-13H,2-10H2,1H3/t11-,12-,17+/m0/s1. The third kappa shape index (κ3) is 5.36. The Morgan fingerprint density at radius 3 is 2.28 bits per heavy atom. The molecular weight excluding hydrogens is 272 g/mol. The van der Waals surface area contributed by atoms with Crippen LogP contribution in [0.1, 0.15) is 45.4 Å². The van der Waals surface area contributed by atoms with Crippen molar-refractivity contribution in [2.75, 3.05) is 17.3 Å². The molecule has 4 nitrogen and oxygen atoms in total. The van der Waals surface area contributed by atoms with Crippen molar-refractivity contribution < 1.29 is 17.7 Å². The summed E-state index contributed by atoms with van der Waals surface area (Å²) in [5.41, 5.74) is 0. The van der Waals surface area contributed by atoms with E-state index in [9.17, 15) is 17.7 Å². The molecule has 0 aromatic rings. The van der Waals surface area contributed by atoms with E-state index in [0.717, 1.165) is 19.3 Å². The molecule has 0 aliphatic carbocycles. The zero-order chi connectivity index (χ0) is 13.6. The van der Waals surface area contributed by atoms with Crippen LogP contribution in [0.25, 0.3) is 0 Å². The van der Waals surface area contributed by atoms with Crippen LogP contribution in [0.5, 0.6) is 0 Å². The summed E-state index contributed by atoms with van der Waals surface area (Å²) in [6.45, 7) is 2.16. The lowest BCUT2D eigenvalue weighted by atomic mass is 10.1. The van der Waals surface area contributed by atoms with Gasteiger partial charge in [-0.15, -0.1) is 0 Å². The van der Waals surface area contributed by atoms with Crippen molar-refractivity contribution >= 4 is 20.6 Å². The Labute approximate surface area is 113 Å². The fraction of sp³-hybridized carbons (Fsp3) is 1.00. The summed E-state index contributed by atoms with van der Waals surface area (Å²) in [4.78, 5) is 0. The molecule has 1 N–H and O–H groups in total. The van der Waals surface area contributed by atoms with E-state index in [1.807, 2.05) is 0 Å². The van der Waals surface area contributed by atoms with Crippen molar-refractivity contribution in [3.8, 4) is 0 Å².